The van der Waals surface area contributed by atoms with Gasteiger partial charge in [-0.3, -0.25) is 29.2 Å². The van der Waals surface area contributed by atoms with E-state index in [-0.39, 0.29) is 11.1 Å². The fourth-order valence-electron chi connectivity index (χ4n) is 5.63. The Bertz CT molecular complexity index is 2550. The number of nitrogens with one attached hydrogen (secondary N) is 2. The molecule has 8 aromatic heterocycles. The first-order chi connectivity index (χ1) is 22.9. The Balaban J connectivity index is 1.07. The molecule has 0 saturated carbocycles. The number of H-pyrrole nitrogens is 2. The zero-order chi connectivity index (χ0) is 32.1. The van der Waals surface area contributed by atoms with Gasteiger partial charge in [0.25, 0.3) is 11.1 Å². The van der Waals surface area contributed by atoms with Gasteiger partial charge in [0.2, 0.25) is 0 Å². The maximum Gasteiger partial charge on any atom is 0.269 e. The second kappa shape index (κ2) is 11.6. The number of hydrogen-bond acceptors (Lipinski definition) is 10. The minimum Gasteiger partial charge on any atom is -0.304 e. The van der Waals surface area contributed by atoms with E-state index in [0.29, 0.717) is 56.4 Å². The molecule has 0 aliphatic carbocycles. The van der Waals surface area contributed by atoms with Gasteiger partial charge in [-0.25, -0.2) is 9.97 Å². The van der Waals surface area contributed by atoms with Crippen molar-refractivity contribution in [2.45, 2.75) is 26.8 Å². The molecule has 0 atom stereocenters. The molecule has 0 aliphatic rings. The third-order valence-corrected chi connectivity index (χ3v) is 9.86. The van der Waals surface area contributed by atoms with Crippen molar-refractivity contribution in [3.8, 4) is 45.4 Å². The highest BCUT2D eigenvalue weighted by atomic mass is 32.1. The number of aromatic nitrogens is 9. The van der Waals surface area contributed by atoms with E-state index >= 15 is 0 Å². The molecule has 11 nitrogen and oxygen atoms in total. The molecule has 13 heteroatoms. The molecule has 8 rings (SSSR count). The molecule has 0 fully saturated rings. The summed E-state index contributed by atoms with van der Waals surface area (Å²) in [5.41, 5.74) is 8.59. The van der Waals surface area contributed by atoms with Gasteiger partial charge in [-0.15, -0.1) is 22.7 Å². The number of pyridine rings is 3. The van der Waals surface area contributed by atoms with Crippen molar-refractivity contribution in [3.63, 3.8) is 0 Å². The van der Waals surface area contributed by atoms with Crippen LogP contribution in [0.15, 0.2) is 87.6 Å². The van der Waals surface area contributed by atoms with Crippen LogP contribution in [0.1, 0.15) is 16.8 Å². The molecule has 0 bridgehead atoms. The Morgan fingerprint density at radius 3 is 2.17 bits per heavy atom. The molecule has 0 unspecified atom stereocenters. The molecule has 0 saturated heterocycles. The summed E-state index contributed by atoms with van der Waals surface area (Å²) in [4.78, 5) is 54.5. The molecule has 0 amide bonds. The first-order valence-electron chi connectivity index (χ1n) is 14.8. The first kappa shape index (κ1) is 28.8. The van der Waals surface area contributed by atoms with E-state index in [0.717, 1.165) is 39.2 Å². The van der Waals surface area contributed by atoms with Crippen molar-refractivity contribution in [3.05, 3.63) is 116 Å². The van der Waals surface area contributed by atoms with Gasteiger partial charge in [0, 0.05) is 53.2 Å². The lowest BCUT2D eigenvalue weighted by Gasteiger charge is -2.08. The van der Waals surface area contributed by atoms with Gasteiger partial charge in [0.15, 0.2) is 11.6 Å². The summed E-state index contributed by atoms with van der Waals surface area (Å²) in [6.45, 7) is 4.53. The summed E-state index contributed by atoms with van der Waals surface area (Å²) >= 11 is 2.74. The van der Waals surface area contributed by atoms with Crippen LogP contribution in [-0.4, -0.2) is 44.7 Å². The monoisotopic (exact) mass is 655 g/mol. The molecule has 0 aromatic carbocycles. The summed E-state index contributed by atoms with van der Waals surface area (Å²) < 4.78 is 3.08. The van der Waals surface area contributed by atoms with Crippen LogP contribution in [0.2, 0.25) is 0 Å². The number of rotatable bonds is 7. The summed E-state index contributed by atoms with van der Waals surface area (Å²) in [6.07, 6.45) is 7.69. The van der Waals surface area contributed by atoms with Crippen molar-refractivity contribution in [2.75, 3.05) is 0 Å². The SMILES string of the molecule is Cc1cc(-c2csc3c(=O)[nH]c(-c4ccccn4)nc23)n(CCc2ccc(-c3nc4c(-c5ccncc5C)csc4c(=O)[nH]3)nc2)n1. The Morgan fingerprint density at radius 2 is 1.49 bits per heavy atom. The maximum absolute atomic E-state index is 13.0. The third-order valence-electron chi connectivity index (χ3n) is 7.93. The van der Waals surface area contributed by atoms with Crippen molar-refractivity contribution in [1.82, 2.24) is 44.7 Å². The predicted octanol–water partition coefficient (Wildman–Crippen LogP) is 6.19. The Kier molecular flexibility index (Phi) is 7.11. The van der Waals surface area contributed by atoms with E-state index in [1.165, 1.54) is 22.7 Å². The molecule has 0 radical (unpaired) electrons. The molecular formula is C34H25N9O2S2. The predicted molar refractivity (Wildman–Crippen MR) is 185 cm³/mol. The zero-order valence-electron chi connectivity index (χ0n) is 25.2. The average molecular weight is 656 g/mol. The van der Waals surface area contributed by atoms with E-state index in [2.05, 4.69) is 24.9 Å². The minimum atomic E-state index is -0.196. The number of hydrogen-bond donors (Lipinski definition) is 2. The molecule has 230 valence electrons. The van der Waals surface area contributed by atoms with Crippen molar-refractivity contribution >= 4 is 43.1 Å². The molecule has 8 heterocycles. The summed E-state index contributed by atoms with van der Waals surface area (Å²) in [6, 6.07) is 13.3. The topological polar surface area (TPSA) is 148 Å². The summed E-state index contributed by atoms with van der Waals surface area (Å²) in [7, 11) is 0. The van der Waals surface area contributed by atoms with E-state index in [9.17, 15) is 9.59 Å². The minimum absolute atomic E-state index is 0.190. The number of nitrogens with zero attached hydrogens (tertiary/aromatic N) is 7. The van der Waals surface area contributed by atoms with E-state index in [1.54, 1.807) is 24.8 Å². The maximum atomic E-state index is 13.0. The van der Waals surface area contributed by atoms with Gasteiger partial charge in [-0.1, -0.05) is 12.1 Å². The lowest BCUT2D eigenvalue weighted by atomic mass is 10.0. The quantitative estimate of drug-likeness (QED) is 0.207. The number of thiophene rings is 2. The van der Waals surface area contributed by atoms with Gasteiger partial charge >= 0.3 is 0 Å². The molecule has 47 heavy (non-hydrogen) atoms. The second-order valence-electron chi connectivity index (χ2n) is 11.1. The normalized spacial score (nSPS) is 11.5. The van der Waals surface area contributed by atoms with Crippen LogP contribution in [0.3, 0.4) is 0 Å². The van der Waals surface area contributed by atoms with Crippen LogP contribution < -0.4 is 11.1 Å². The van der Waals surface area contributed by atoms with Gasteiger partial charge in [-0.2, -0.15) is 5.10 Å². The van der Waals surface area contributed by atoms with Crippen LogP contribution in [0.5, 0.6) is 0 Å². The highest BCUT2D eigenvalue weighted by molar-refractivity contribution is 7.18. The largest absolute Gasteiger partial charge is 0.304 e. The zero-order valence-corrected chi connectivity index (χ0v) is 26.8. The van der Waals surface area contributed by atoms with Gasteiger partial charge < -0.3 is 9.97 Å². The van der Waals surface area contributed by atoms with Crippen LogP contribution >= 0.6 is 22.7 Å². The van der Waals surface area contributed by atoms with Crippen molar-refractivity contribution in [2.24, 2.45) is 0 Å². The lowest BCUT2D eigenvalue weighted by Crippen LogP contribution is -2.09. The molecule has 0 aliphatic heterocycles. The van der Waals surface area contributed by atoms with Crippen molar-refractivity contribution in [1.29, 1.82) is 0 Å². The van der Waals surface area contributed by atoms with E-state index in [4.69, 9.17) is 15.1 Å². The highest BCUT2D eigenvalue weighted by Crippen LogP contribution is 2.34. The van der Waals surface area contributed by atoms with E-state index in [1.807, 2.05) is 71.8 Å². The molecule has 8 aromatic rings. The molecule has 0 spiro atoms. The Morgan fingerprint density at radius 1 is 0.766 bits per heavy atom. The average Bonchev–Trinajstić information content (AvgIpc) is 3.81. The van der Waals surface area contributed by atoms with Gasteiger partial charge in [-0.05, 0) is 67.3 Å². The first-order valence-corrected chi connectivity index (χ1v) is 16.5. The van der Waals surface area contributed by atoms with Crippen molar-refractivity contribution < 1.29 is 0 Å². The standard InChI is InChI=1S/C34H25N9O2S2/c1-18-14-35-11-8-21(18)22-16-46-29-27(22)38-32(41-33(29)44)25-7-6-20(15-37-25)9-12-43-26(13-19(2)42-43)23-17-47-30-28(23)39-31(40-34(30)45)24-5-3-4-10-36-24/h3-8,10-11,13-17H,9,12H2,1-2H3,(H,38,41,44)(H,39,40,45). The summed E-state index contributed by atoms with van der Waals surface area (Å²) in [5, 5.41) is 8.67. The Labute approximate surface area is 274 Å². The molecule has 2 N–H and O–H groups in total. The Hall–Kier alpha value is -5.66. The number of fused-ring (bicyclic) bond motifs is 2. The lowest BCUT2D eigenvalue weighted by molar-refractivity contribution is 0.616. The van der Waals surface area contributed by atoms with Crippen LogP contribution in [0.4, 0.5) is 0 Å². The smallest absolute Gasteiger partial charge is 0.269 e. The van der Waals surface area contributed by atoms with Crippen LogP contribution in [-0.2, 0) is 13.0 Å². The van der Waals surface area contributed by atoms with Crippen LogP contribution in [0, 0.1) is 13.8 Å². The summed E-state index contributed by atoms with van der Waals surface area (Å²) in [5.74, 6) is 0.844. The number of aryl methyl sites for hydroxylation is 4. The number of aromatic amines is 2. The van der Waals surface area contributed by atoms with Gasteiger partial charge in [0.1, 0.15) is 20.8 Å². The molecular weight excluding hydrogens is 631 g/mol. The highest BCUT2D eigenvalue weighted by Gasteiger charge is 2.19. The fraction of sp³-hybridized carbons (Fsp3) is 0.118. The van der Waals surface area contributed by atoms with Crippen LogP contribution in [0.25, 0.3) is 65.9 Å². The fourth-order valence-corrected chi connectivity index (χ4v) is 7.42. The van der Waals surface area contributed by atoms with E-state index < -0.39 is 0 Å². The van der Waals surface area contributed by atoms with Gasteiger partial charge in [0.05, 0.1) is 22.4 Å². The third kappa shape index (κ3) is 5.24. The second-order valence-corrected chi connectivity index (χ2v) is 12.8.